The number of carbonyl (C=O) groups excluding carboxylic acids is 2. The largest absolute Gasteiger partial charge is 0.464 e. The quantitative estimate of drug-likeness (QED) is 0.522. The SMILES string of the molecule is CCOC(=O)[C@@H](O)[C@H](Cc1ccccc1)NC(=O)Cc1ccc(-c2ccccc2)cc1. The molecule has 0 saturated carbocycles. The van der Waals surface area contributed by atoms with Crippen LogP contribution in [0, 0.1) is 0 Å². The van der Waals surface area contributed by atoms with E-state index in [2.05, 4.69) is 5.32 Å². The van der Waals surface area contributed by atoms with Crippen molar-refractivity contribution in [3.63, 3.8) is 0 Å². The molecule has 3 rings (SSSR count). The van der Waals surface area contributed by atoms with E-state index in [-0.39, 0.29) is 18.9 Å². The number of benzene rings is 3. The van der Waals surface area contributed by atoms with Gasteiger partial charge >= 0.3 is 5.97 Å². The zero-order valence-electron chi connectivity index (χ0n) is 17.5. The molecule has 0 bridgehead atoms. The van der Waals surface area contributed by atoms with Gasteiger partial charge in [-0.25, -0.2) is 4.79 Å². The van der Waals surface area contributed by atoms with Gasteiger partial charge in [-0.15, -0.1) is 0 Å². The molecule has 0 saturated heterocycles. The molecule has 0 aromatic heterocycles. The lowest BCUT2D eigenvalue weighted by Crippen LogP contribution is -2.49. The van der Waals surface area contributed by atoms with Crippen molar-refractivity contribution in [2.75, 3.05) is 6.61 Å². The van der Waals surface area contributed by atoms with E-state index in [1.165, 1.54) is 0 Å². The minimum atomic E-state index is -1.44. The van der Waals surface area contributed by atoms with E-state index in [4.69, 9.17) is 4.74 Å². The van der Waals surface area contributed by atoms with Gasteiger partial charge in [-0.3, -0.25) is 4.79 Å². The molecule has 0 aliphatic carbocycles. The van der Waals surface area contributed by atoms with Gasteiger partial charge in [-0.2, -0.15) is 0 Å². The van der Waals surface area contributed by atoms with Crippen molar-refractivity contribution in [2.45, 2.75) is 31.9 Å². The number of aliphatic hydroxyl groups excluding tert-OH is 1. The number of esters is 1. The third-order valence-corrected chi connectivity index (χ3v) is 4.98. The Hall–Kier alpha value is -3.44. The highest BCUT2D eigenvalue weighted by atomic mass is 16.5. The first kappa shape index (κ1) is 22.2. The van der Waals surface area contributed by atoms with E-state index in [0.717, 1.165) is 22.3 Å². The van der Waals surface area contributed by atoms with Crippen molar-refractivity contribution >= 4 is 11.9 Å². The smallest absolute Gasteiger partial charge is 0.337 e. The molecule has 0 aliphatic rings. The van der Waals surface area contributed by atoms with Crippen molar-refractivity contribution in [1.29, 1.82) is 0 Å². The van der Waals surface area contributed by atoms with Crippen LogP contribution in [-0.2, 0) is 27.2 Å². The van der Waals surface area contributed by atoms with Crippen LogP contribution in [0.25, 0.3) is 11.1 Å². The Morgan fingerprint density at radius 3 is 2.03 bits per heavy atom. The van der Waals surface area contributed by atoms with Gasteiger partial charge in [0.2, 0.25) is 5.91 Å². The lowest BCUT2D eigenvalue weighted by atomic mass is 10.00. The summed E-state index contributed by atoms with van der Waals surface area (Å²) in [6.07, 6.45) is -0.973. The molecular weight excluding hydrogens is 390 g/mol. The number of nitrogens with one attached hydrogen (secondary N) is 1. The average molecular weight is 418 g/mol. The molecule has 2 atom stereocenters. The Morgan fingerprint density at radius 2 is 1.42 bits per heavy atom. The third kappa shape index (κ3) is 6.52. The molecule has 3 aromatic carbocycles. The van der Waals surface area contributed by atoms with Gasteiger partial charge in [-0.05, 0) is 35.6 Å². The van der Waals surface area contributed by atoms with Gasteiger partial charge in [0.05, 0.1) is 19.1 Å². The van der Waals surface area contributed by atoms with E-state index in [1.54, 1.807) is 6.92 Å². The molecule has 5 nitrogen and oxygen atoms in total. The molecule has 0 fully saturated rings. The first-order valence-electron chi connectivity index (χ1n) is 10.4. The summed E-state index contributed by atoms with van der Waals surface area (Å²) in [7, 11) is 0. The molecule has 0 unspecified atom stereocenters. The van der Waals surface area contributed by atoms with E-state index >= 15 is 0 Å². The Bertz CT molecular complexity index is 971. The second kappa shape index (κ2) is 11.1. The average Bonchev–Trinajstić information content (AvgIpc) is 2.80. The Kier molecular flexibility index (Phi) is 7.96. The van der Waals surface area contributed by atoms with Crippen molar-refractivity contribution in [2.24, 2.45) is 0 Å². The fourth-order valence-electron chi connectivity index (χ4n) is 3.39. The highest BCUT2D eigenvalue weighted by Gasteiger charge is 2.29. The molecule has 3 aromatic rings. The minimum absolute atomic E-state index is 0.149. The van der Waals surface area contributed by atoms with Gasteiger partial charge in [0.1, 0.15) is 0 Å². The van der Waals surface area contributed by atoms with Crippen LogP contribution < -0.4 is 5.32 Å². The minimum Gasteiger partial charge on any atom is -0.464 e. The van der Waals surface area contributed by atoms with Crippen LogP contribution in [0.3, 0.4) is 0 Å². The van der Waals surface area contributed by atoms with Crippen LogP contribution in [0.2, 0.25) is 0 Å². The second-order valence-electron chi connectivity index (χ2n) is 7.30. The van der Waals surface area contributed by atoms with Gasteiger partial charge in [0, 0.05) is 0 Å². The zero-order valence-corrected chi connectivity index (χ0v) is 17.5. The van der Waals surface area contributed by atoms with Crippen LogP contribution in [-0.4, -0.2) is 35.7 Å². The van der Waals surface area contributed by atoms with Crippen molar-refractivity contribution in [3.05, 3.63) is 96.1 Å². The summed E-state index contributed by atoms with van der Waals surface area (Å²) in [6.45, 7) is 1.84. The number of ether oxygens (including phenoxy) is 1. The fourth-order valence-corrected chi connectivity index (χ4v) is 3.39. The van der Waals surface area contributed by atoms with Crippen molar-refractivity contribution < 1.29 is 19.4 Å². The summed E-state index contributed by atoms with van der Waals surface area (Å²) < 4.78 is 4.94. The Labute approximate surface area is 182 Å². The maximum absolute atomic E-state index is 12.7. The number of rotatable bonds is 9. The molecule has 160 valence electrons. The molecule has 0 radical (unpaired) electrons. The summed E-state index contributed by atoms with van der Waals surface area (Å²) >= 11 is 0. The lowest BCUT2D eigenvalue weighted by Gasteiger charge is -2.23. The summed E-state index contributed by atoms with van der Waals surface area (Å²) in [5, 5.41) is 13.3. The lowest BCUT2D eigenvalue weighted by molar-refractivity contribution is -0.154. The fraction of sp³-hybridized carbons (Fsp3) is 0.231. The van der Waals surface area contributed by atoms with Crippen molar-refractivity contribution in [3.8, 4) is 11.1 Å². The maximum atomic E-state index is 12.7. The number of hydrogen-bond donors (Lipinski definition) is 2. The maximum Gasteiger partial charge on any atom is 0.337 e. The summed E-state index contributed by atoms with van der Waals surface area (Å²) in [4.78, 5) is 24.7. The number of hydrogen-bond acceptors (Lipinski definition) is 4. The van der Waals surface area contributed by atoms with E-state index < -0.39 is 18.1 Å². The highest BCUT2D eigenvalue weighted by molar-refractivity contribution is 5.81. The van der Waals surface area contributed by atoms with Gasteiger partial charge in [-0.1, -0.05) is 84.9 Å². The summed E-state index contributed by atoms with van der Waals surface area (Å²) in [6, 6.07) is 26.4. The standard InChI is InChI=1S/C26H27NO4/c1-2-31-26(30)25(29)23(17-19-9-5-3-6-10-19)27-24(28)18-20-13-15-22(16-14-20)21-11-7-4-8-12-21/h3-16,23,25,29H,2,17-18H2,1H3,(H,27,28)/t23-,25-/m0/s1. The van der Waals surface area contributed by atoms with Crippen molar-refractivity contribution in [1.82, 2.24) is 5.32 Å². The van der Waals surface area contributed by atoms with E-state index in [1.807, 2.05) is 84.9 Å². The molecule has 5 heteroatoms. The van der Waals surface area contributed by atoms with E-state index in [0.29, 0.717) is 6.42 Å². The highest BCUT2D eigenvalue weighted by Crippen LogP contribution is 2.19. The van der Waals surface area contributed by atoms with Gasteiger partial charge in [0.15, 0.2) is 6.10 Å². The van der Waals surface area contributed by atoms with Crippen LogP contribution >= 0.6 is 0 Å². The van der Waals surface area contributed by atoms with Crippen LogP contribution in [0.1, 0.15) is 18.1 Å². The monoisotopic (exact) mass is 417 g/mol. The predicted octanol–water partition coefficient (Wildman–Crippen LogP) is 3.55. The number of amides is 1. The number of aliphatic hydroxyl groups is 1. The molecule has 1 amide bonds. The first-order chi connectivity index (χ1) is 15.1. The van der Waals surface area contributed by atoms with Crippen LogP contribution in [0.4, 0.5) is 0 Å². The zero-order chi connectivity index (χ0) is 22.1. The van der Waals surface area contributed by atoms with Gasteiger partial charge in [0.25, 0.3) is 0 Å². The second-order valence-corrected chi connectivity index (χ2v) is 7.30. The first-order valence-corrected chi connectivity index (χ1v) is 10.4. The Balaban J connectivity index is 1.67. The molecule has 0 spiro atoms. The normalized spacial score (nSPS) is 12.6. The molecule has 31 heavy (non-hydrogen) atoms. The van der Waals surface area contributed by atoms with E-state index in [9.17, 15) is 14.7 Å². The molecule has 2 N–H and O–H groups in total. The Morgan fingerprint density at radius 1 is 0.839 bits per heavy atom. The molecule has 0 aliphatic heterocycles. The van der Waals surface area contributed by atoms with Gasteiger partial charge < -0.3 is 15.2 Å². The molecular formula is C26H27NO4. The van der Waals surface area contributed by atoms with Crippen LogP contribution in [0.15, 0.2) is 84.9 Å². The topological polar surface area (TPSA) is 75.6 Å². The molecule has 0 heterocycles. The summed E-state index contributed by atoms with van der Waals surface area (Å²) in [5.41, 5.74) is 3.94. The van der Waals surface area contributed by atoms with Crippen LogP contribution in [0.5, 0.6) is 0 Å². The summed E-state index contributed by atoms with van der Waals surface area (Å²) in [5.74, 6) is -1.01. The number of carbonyl (C=O) groups is 2. The third-order valence-electron chi connectivity index (χ3n) is 4.98. The predicted molar refractivity (Wildman–Crippen MR) is 120 cm³/mol.